The van der Waals surface area contributed by atoms with Crippen LogP contribution in [0.25, 0.3) is 5.65 Å². The molecule has 0 aliphatic heterocycles. The van der Waals surface area contributed by atoms with Gasteiger partial charge in [-0.15, -0.1) is 4.57 Å². The summed E-state index contributed by atoms with van der Waals surface area (Å²) in [4.78, 5) is 42.1. The number of hydrogen-bond donors (Lipinski definition) is 1. The van der Waals surface area contributed by atoms with Gasteiger partial charge >= 0.3 is 5.97 Å². The van der Waals surface area contributed by atoms with E-state index in [0.717, 1.165) is 15.7 Å². The Bertz CT molecular complexity index is 1410. The van der Waals surface area contributed by atoms with Crippen molar-refractivity contribution in [2.75, 3.05) is 5.32 Å². The second-order valence-electron chi connectivity index (χ2n) is 8.05. The number of carbonyl (C=O) groups excluding carboxylic acids is 2. The molecule has 0 radical (unpaired) electrons. The molecule has 1 amide bonds. The monoisotopic (exact) mass is 459 g/mol. The molecule has 0 aliphatic carbocycles. The van der Waals surface area contributed by atoms with Crippen molar-refractivity contribution in [2.24, 2.45) is 0 Å². The zero-order chi connectivity index (χ0) is 24.2. The number of anilines is 1. The lowest BCUT2D eigenvalue weighted by Crippen LogP contribution is -2.21. The number of aromatic nitrogens is 2. The third-order valence-corrected chi connectivity index (χ3v) is 5.53. The molecule has 34 heavy (non-hydrogen) atoms. The zero-order valence-electron chi connectivity index (χ0n) is 19.2. The molecule has 1 atom stereocenters. The number of benzene rings is 2. The molecule has 0 unspecified atom stereocenters. The van der Waals surface area contributed by atoms with E-state index in [0.29, 0.717) is 29.2 Å². The quantitative estimate of drug-likeness (QED) is 0.411. The number of hydrogen-bond acceptors (Lipinski definition) is 6. The summed E-state index contributed by atoms with van der Waals surface area (Å²) in [6.07, 6.45) is 0.643. The van der Waals surface area contributed by atoms with Crippen LogP contribution in [0.1, 0.15) is 52.2 Å². The molecule has 2 aromatic heterocycles. The highest BCUT2D eigenvalue weighted by Crippen LogP contribution is 2.24. The highest BCUT2D eigenvalue weighted by atomic mass is 16.5. The van der Waals surface area contributed by atoms with Crippen molar-refractivity contribution in [1.82, 2.24) is 9.56 Å². The first kappa shape index (κ1) is 23.0. The van der Waals surface area contributed by atoms with E-state index in [2.05, 4.69) is 10.3 Å². The normalized spacial score (nSPS) is 11.9. The van der Waals surface area contributed by atoms with Gasteiger partial charge in [0.15, 0.2) is 5.65 Å². The van der Waals surface area contributed by atoms with Gasteiger partial charge in [-0.25, -0.2) is 9.78 Å². The standard InChI is InChI=1S/C26H25N3O5/c1-4-21(18-8-6-5-7-9-18)25(31)28-22-13-19(11-10-16(22)2)26(32)33-15-20-14-24(30)29-23(27-20)12-17(3)34-29/h5-14,21H,4,15H2,1-3H3,(H,28,31)/t21-/m0/s1. The topological polar surface area (TPSA) is 103 Å². The first-order chi connectivity index (χ1) is 16.4. The lowest BCUT2D eigenvalue weighted by Gasteiger charge is -2.17. The van der Waals surface area contributed by atoms with Gasteiger partial charge in [0.05, 0.1) is 17.2 Å². The summed E-state index contributed by atoms with van der Waals surface area (Å²) in [5, 5.41) is 2.95. The van der Waals surface area contributed by atoms with Crippen LogP contribution in [0.5, 0.6) is 0 Å². The van der Waals surface area contributed by atoms with E-state index in [9.17, 15) is 14.4 Å². The predicted octanol–water partition coefficient (Wildman–Crippen LogP) is 4.39. The van der Waals surface area contributed by atoms with Gasteiger partial charge < -0.3 is 14.6 Å². The van der Waals surface area contributed by atoms with Crippen molar-refractivity contribution in [3.63, 3.8) is 0 Å². The molecule has 4 aromatic rings. The molecule has 0 saturated carbocycles. The lowest BCUT2D eigenvalue weighted by molar-refractivity contribution is -0.117. The maximum Gasteiger partial charge on any atom is 0.338 e. The Morgan fingerprint density at radius 2 is 1.85 bits per heavy atom. The molecule has 0 spiro atoms. The molecule has 0 saturated heterocycles. The largest absolute Gasteiger partial charge is 0.456 e. The van der Waals surface area contributed by atoms with Crippen LogP contribution in [0.15, 0.2) is 70.0 Å². The van der Waals surface area contributed by atoms with E-state index < -0.39 is 11.5 Å². The molecule has 8 heteroatoms. The summed E-state index contributed by atoms with van der Waals surface area (Å²) >= 11 is 0. The molecule has 2 heterocycles. The Labute approximate surface area is 196 Å². The van der Waals surface area contributed by atoms with E-state index in [1.807, 2.05) is 44.2 Å². The van der Waals surface area contributed by atoms with Gasteiger partial charge in [0.1, 0.15) is 12.4 Å². The third-order valence-electron chi connectivity index (χ3n) is 5.53. The van der Waals surface area contributed by atoms with Crippen molar-refractivity contribution in [2.45, 2.75) is 39.7 Å². The van der Waals surface area contributed by atoms with Crippen molar-refractivity contribution >= 4 is 23.2 Å². The van der Waals surface area contributed by atoms with Gasteiger partial charge in [-0.2, -0.15) is 0 Å². The fourth-order valence-electron chi connectivity index (χ4n) is 3.73. The Hall–Kier alpha value is -4.20. The van der Waals surface area contributed by atoms with Gasteiger partial charge in [-0.1, -0.05) is 43.3 Å². The Balaban J connectivity index is 1.47. The van der Waals surface area contributed by atoms with Gasteiger partial charge in [0.2, 0.25) is 5.91 Å². The van der Waals surface area contributed by atoms with Gasteiger partial charge in [0, 0.05) is 17.8 Å². The zero-order valence-corrected chi connectivity index (χ0v) is 19.2. The van der Waals surface area contributed by atoms with E-state index in [4.69, 9.17) is 9.26 Å². The number of carbonyl (C=O) groups is 2. The average Bonchev–Trinajstić information content (AvgIpc) is 3.21. The molecule has 1 N–H and O–H groups in total. The van der Waals surface area contributed by atoms with Crippen molar-refractivity contribution in [3.8, 4) is 0 Å². The fourth-order valence-corrected chi connectivity index (χ4v) is 3.73. The molecule has 0 bridgehead atoms. The number of nitrogens with one attached hydrogen (secondary N) is 1. The number of nitrogens with zero attached hydrogens (tertiary/aromatic N) is 2. The van der Waals surface area contributed by atoms with Crippen LogP contribution in [0.3, 0.4) is 0 Å². The summed E-state index contributed by atoms with van der Waals surface area (Å²) in [6, 6.07) is 17.4. The molecule has 2 aromatic carbocycles. The van der Waals surface area contributed by atoms with Gasteiger partial charge in [-0.05, 0) is 43.5 Å². The molecule has 174 valence electrons. The summed E-state index contributed by atoms with van der Waals surface area (Å²) < 4.78 is 11.7. The summed E-state index contributed by atoms with van der Waals surface area (Å²) in [7, 11) is 0. The smallest absolute Gasteiger partial charge is 0.338 e. The van der Waals surface area contributed by atoms with Crippen molar-refractivity contribution in [3.05, 3.63) is 99.2 Å². The van der Waals surface area contributed by atoms with E-state index >= 15 is 0 Å². The Morgan fingerprint density at radius 3 is 2.59 bits per heavy atom. The SMILES string of the molecule is CC[C@H](C(=O)Nc1cc(C(=O)OCc2cc(=O)n3oc(C)cc3n2)ccc1C)c1ccccc1. The summed E-state index contributed by atoms with van der Waals surface area (Å²) in [6.45, 7) is 5.36. The molecular formula is C26H25N3O5. The second-order valence-corrected chi connectivity index (χ2v) is 8.05. The Kier molecular flexibility index (Phi) is 6.58. The number of ether oxygens (including phenoxy) is 1. The van der Waals surface area contributed by atoms with Gasteiger partial charge in [0.25, 0.3) is 5.56 Å². The van der Waals surface area contributed by atoms with Crippen LogP contribution < -0.4 is 10.9 Å². The van der Waals surface area contributed by atoms with Crippen LogP contribution in [-0.4, -0.2) is 21.4 Å². The third kappa shape index (κ3) is 4.91. The number of rotatable bonds is 7. The van der Waals surface area contributed by atoms with Crippen LogP contribution in [0, 0.1) is 13.8 Å². The maximum atomic E-state index is 13.0. The lowest BCUT2D eigenvalue weighted by atomic mass is 9.95. The van der Waals surface area contributed by atoms with E-state index in [1.165, 1.54) is 6.07 Å². The van der Waals surface area contributed by atoms with Crippen molar-refractivity contribution < 1.29 is 18.8 Å². The minimum Gasteiger partial charge on any atom is -0.456 e. The maximum absolute atomic E-state index is 13.0. The van der Waals surface area contributed by atoms with Crippen LogP contribution in [0.4, 0.5) is 5.69 Å². The van der Waals surface area contributed by atoms with Crippen molar-refractivity contribution in [1.29, 1.82) is 0 Å². The van der Waals surface area contributed by atoms with Crippen LogP contribution in [0.2, 0.25) is 0 Å². The first-order valence-electron chi connectivity index (χ1n) is 11.0. The number of esters is 1. The first-order valence-corrected chi connectivity index (χ1v) is 11.0. The molecule has 0 fully saturated rings. The van der Waals surface area contributed by atoms with E-state index in [-0.39, 0.29) is 24.0 Å². The van der Waals surface area contributed by atoms with E-state index in [1.54, 1.807) is 31.2 Å². The van der Waals surface area contributed by atoms with Crippen LogP contribution in [-0.2, 0) is 16.1 Å². The van der Waals surface area contributed by atoms with Gasteiger partial charge in [-0.3, -0.25) is 9.59 Å². The molecule has 0 aliphatic rings. The molecule has 8 nitrogen and oxygen atoms in total. The number of aryl methyl sites for hydroxylation is 2. The second kappa shape index (κ2) is 9.74. The predicted molar refractivity (Wildman–Crippen MR) is 127 cm³/mol. The average molecular weight is 460 g/mol. The fraction of sp³-hybridized carbons (Fsp3) is 0.231. The molecule has 4 rings (SSSR count). The highest BCUT2D eigenvalue weighted by molar-refractivity contribution is 5.98. The summed E-state index contributed by atoms with van der Waals surface area (Å²) in [5.41, 5.74) is 2.85. The highest BCUT2D eigenvalue weighted by Gasteiger charge is 2.20. The number of fused-ring (bicyclic) bond motifs is 1. The minimum atomic E-state index is -0.587. The Morgan fingerprint density at radius 1 is 1.09 bits per heavy atom. The summed E-state index contributed by atoms with van der Waals surface area (Å²) in [5.74, 6) is -0.486. The van der Waals surface area contributed by atoms with Crippen LogP contribution >= 0.6 is 0 Å². The molecular weight excluding hydrogens is 434 g/mol. The minimum absolute atomic E-state index is 0.143. The number of amides is 1.